The molecule has 2 rings (SSSR count). The van der Waals surface area contributed by atoms with Gasteiger partial charge in [-0.1, -0.05) is 17.7 Å². The quantitative estimate of drug-likeness (QED) is 0.843. The highest BCUT2D eigenvalue weighted by molar-refractivity contribution is 7.98. The number of aryl methyl sites for hydroxylation is 3. The van der Waals surface area contributed by atoms with E-state index < -0.39 is 0 Å². The van der Waals surface area contributed by atoms with Crippen LogP contribution in [0.2, 0.25) is 0 Å². The molecule has 2 aromatic rings. The molecule has 1 aromatic carbocycles. The van der Waals surface area contributed by atoms with Crippen LogP contribution in [-0.4, -0.2) is 16.3 Å². The van der Waals surface area contributed by atoms with Crippen molar-refractivity contribution in [1.29, 1.82) is 0 Å². The Morgan fingerprint density at radius 3 is 2.53 bits per heavy atom. The van der Waals surface area contributed by atoms with E-state index in [4.69, 9.17) is 0 Å². The van der Waals surface area contributed by atoms with E-state index in [0.717, 1.165) is 23.8 Å². The molecule has 0 aliphatic carbocycles. The maximum absolute atomic E-state index is 4.50. The number of nitrogens with one attached hydrogen (secondary N) is 1. The minimum Gasteiger partial charge on any atom is -0.370 e. The second-order valence-corrected chi connectivity index (χ2v) is 5.72. The predicted molar refractivity (Wildman–Crippen MR) is 82.8 cm³/mol. The zero-order chi connectivity index (χ0) is 13.8. The second-order valence-electron chi connectivity index (χ2n) is 4.67. The first-order chi connectivity index (χ1) is 9.11. The molecule has 19 heavy (non-hydrogen) atoms. The van der Waals surface area contributed by atoms with Gasteiger partial charge in [-0.3, -0.25) is 4.68 Å². The molecule has 1 heterocycles. The standard InChI is InChI=1S/C15H21N3S/c1-5-16-15-14(12(3)17-18(15)4)10-19-13-8-6-11(2)7-9-13/h6-9,16H,5,10H2,1-4H3. The van der Waals surface area contributed by atoms with E-state index in [2.05, 4.69) is 55.5 Å². The Balaban J connectivity index is 2.12. The highest BCUT2D eigenvalue weighted by atomic mass is 32.2. The minimum atomic E-state index is 0.918. The number of thioether (sulfide) groups is 1. The first-order valence-corrected chi connectivity index (χ1v) is 7.56. The number of anilines is 1. The smallest absolute Gasteiger partial charge is 0.128 e. The maximum Gasteiger partial charge on any atom is 0.128 e. The third kappa shape index (κ3) is 3.32. The van der Waals surface area contributed by atoms with Gasteiger partial charge in [0.1, 0.15) is 5.82 Å². The van der Waals surface area contributed by atoms with Crippen molar-refractivity contribution < 1.29 is 0 Å². The van der Waals surface area contributed by atoms with Crippen LogP contribution >= 0.6 is 11.8 Å². The summed E-state index contributed by atoms with van der Waals surface area (Å²) in [5.74, 6) is 2.09. The minimum absolute atomic E-state index is 0.918. The molecule has 0 saturated heterocycles. The van der Waals surface area contributed by atoms with Gasteiger partial charge in [-0.15, -0.1) is 11.8 Å². The van der Waals surface area contributed by atoms with E-state index in [1.165, 1.54) is 16.0 Å². The molecule has 0 saturated carbocycles. The van der Waals surface area contributed by atoms with Gasteiger partial charge in [-0.05, 0) is 32.9 Å². The molecule has 0 radical (unpaired) electrons. The fourth-order valence-corrected chi connectivity index (χ4v) is 3.04. The van der Waals surface area contributed by atoms with Gasteiger partial charge in [-0.25, -0.2) is 0 Å². The van der Waals surface area contributed by atoms with Crippen LogP contribution in [0.4, 0.5) is 5.82 Å². The lowest BCUT2D eigenvalue weighted by atomic mass is 10.2. The van der Waals surface area contributed by atoms with Gasteiger partial charge >= 0.3 is 0 Å². The van der Waals surface area contributed by atoms with Crippen LogP contribution in [0.15, 0.2) is 29.2 Å². The van der Waals surface area contributed by atoms with Gasteiger partial charge < -0.3 is 5.32 Å². The fourth-order valence-electron chi connectivity index (χ4n) is 2.05. The first-order valence-electron chi connectivity index (χ1n) is 6.57. The number of aromatic nitrogens is 2. The van der Waals surface area contributed by atoms with Crippen LogP contribution in [0.25, 0.3) is 0 Å². The average molecular weight is 275 g/mol. The molecule has 0 bridgehead atoms. The Hall–Kier alpha value is -1.42. The van der Waals surface area contributed by atoms with Gasteiger partial charge in [0.25, 0.3) is 0 Å². The zero-order valence-corrected chi connectivity index (χ0v) is 12.8. The Morgan fingerprint density at radius 2 is 1.89 bits per heavy atom. The molecule has 0 fully saturated rings. The summed E-state index contributed by atoms with van der Waals surface area (Å²) in [5.41, 5.74) is 3.71. The van der Waals surface area contributed by atoms with Crippen LogP contribution in [0.5, 0.6) is 0 Å². The zero-order valence-electron chi connectivity index (χ0n) is 12.0. The van der Waals surface area contributed by atoms with E-state index in [0.29, 0.717) is 0 Å². The van der Waals surface area contributed by atoms with Crippen molar-refractivity contribution in [2.45, 2.75) is 31.4 Å². The summed E-state index contributed by atoms with van der Waals surface area (Å²) >= 11 is 1.86. The van der Waals surface area contributed by atoms with Gasteiger partial charge in [0, 0.05) is 29.8 Å². The summed E-state index contributed by atoms with van der Waals surface area (Å²) in [6.07, 6.45) is 0. The summed E-state index contributed by atoms with van der Waals surface area (Å²) < 4.78 is 1.93. The summed E-state index contributed by atoms with van der Waals surface area (Å²) in [4.78, 5) is 1.30. The predicted octanol–water partition coefficient (Wildman–Crippen LogP) is 3.76. The SMILES string of the molecule is CCNc1c(CSc2ccc(C)cc2)c(C)nn1C. The van der Waals surface area contributed by atoms with Crippen LogP contribution in [-0.2, 0) is 12.8 Å². The van der Waals surface area contributed by atoms with Gasteiger partial charge in [-0.2, -0.15) is 5.10 Å². The molecule has 3 nitrogen and oxygen atoms in total. The molecule has 102 valence electrons. The highest BCUT2D eigenvalue weighted by Gasteiger charge is 2.12. The Kier molecular flexibility index (Phi) is 4.53. The number of hydrogen-bond acceptors (Lipinski definition) is 3. The Morgan fingerprint density at radius 1 is 1.21 bits per heavy atom. The molecule has 0 spiro atoms. The summed E-state index contributed by atoms with van der Waals surface area (Å²) in [6.45, 7) is 7.22. The first kappa shape index (κ1) is 14.0. The van der Waals surface area contributed by atoms with Crippen molar-refractivity contribution >= 4 is 17.6 Å². The second kappa shape index (κ2) is 6.15. The van der Waals surface area contributed by atoms with Gasteiger partial charge in [0.05, 0.1) is 5.69 Å². The van der Waals surface area contributed by atoms with E-state index >= 15 is 0 Å². The lowest BCUT2D eigenvalue weighted by Gasteiger charge is -2.08. The average Bonchev–Trinajstić information content (AvgIpc) is 2.65. The molecule has 4 heteroatoms. The maximum atomic E-state index is 4.50. The summed E-state index contributed by atoms with van der Waals surface area (Å²) in [5, 5.41) is 7.89. The van der Waals surface area contributed by atoms with Crippen molar-refractivity contribution in [2.75, 3.05) is 11.9 Å². The lowest BCUT2D eigenvalue weighted by Crippen LogP contribution is -2.05. The number of benzene rings is 1. The highest BCUT2D eigenvalue weighted by Crippen LogP contribution is 2.28. The number of hydrogen-bond donors (Lipinski definition) is 1. The summed E-state index contributed by atoms with van der Waals surface area (Å²) in [6, 6.07) is 8.67. The monoisotopic (exact) mass is 275 g/mol. The Labute approximate surface area is 119 Å². The van der Waals surface area contributed by atoms with Crippen LogP contribution in [0.1, 0.15) is 23.7 Å². The van der Waals surface area contributed by atoms with E-state index in [1.807, 2.05) is 23.5 Å². The van der Waals surface area contributed by atoms with Crippen LogP contribution in [0, 0.1) is 13.8 Å². The number of nitrogens with zero attached hydrogens (tertiary/aromatic N) is 2. The molecule has 1 N–H and O–H groups in total. The van der Waals surface area contributed by atoms with Crippen molar-refractivity contribution in [3.8, 4) is 0 Å². The van der Waals surface area contributed by atoms with Gasteiger partial charge in [0.15, 0.2) is 0 Å². The van der Waals surface area contributed by atoms with Crippen LogP contribution in [0.3, 0.4) is 0 Å². The Bertz CT molecular complexity index is 543. The molecule has 0 unspecified atom stereocenters. The summed E-state index contributed by atoms with van der Waals surface area (Å²) in [7, 11) is 1.99. The molecule has 0 atom stereocenters. The van der Waals surface area contributed by atoms with Crippen molar-refractivity contribution in [3.05, 3.63) is 41.1 Å². The topological polar surface area (TPSA) is 29.9 Å². The molecular formula is C15H21N3S. The fraction of sp³-hybridized carbons (Fsp3) is 0.400. The third-order valence-electron chi connectivity index (χ3n) is 3.09. The van der Waals surface area contributed by atoms with Crippen LogP contribution < -0.4 is 5.32 Å². The number of rotatable bonds is 5. The van der Waals surface area contributed by atoms with E-state index in [9.17, 15) is 0 Å². The van der Waals surface area contributed by atoms with Crippen molar-refractivity contribution in [1.82, 2.24) is 9.78 Å². The largest absolute Gasteiger partial charge is 0.370 e. The van der Waals surface area contributed by atoms with Gasteiger partial charge in [0.2, 0.25) is 0 Å². The van der Waals surface area contributed by atoms with Crippen molar-refractivity contribution in [3.63, 3.8) is 0 Å². The van der Waals surface area contributed by atoms with E-state index in [-0.39, 0.29) is 0 Å². The van der Waals surface area contributed by atoms with E-state index in [1.54, 1.807) is 0 Å². The molecule has 0 aliphatic heterocycles. The third-order valence-corrected chi connectivity index (χ3v) is 4.13. The van der Waals surface area contributed by atoms with Crippen molar-refractivity contribution in [2.24, 2.45) is 7.05 Å². The molecule has 0 aliphatic rings. The molecule has 1 aromatic heterocycles. The normalized spacial score (nSPS) is 10.7. The molecule has 0 amide bonds. The lowest BCUT2D eigenvalue weighted by molar-refractivity contribution is 0.760. The molecular weight excluding hydrogens is 254 g/mol.